The first-order chi connectivity index (χ1) is 6.34. The van der Waals surface area contributed by atoms with Crippen LogP contribution in [0.3, 0.4) is 0 Å². The normalized spacial score (nSPS) is 28.2. The van der Waals surface area contributed by atoms with E-state index in [1.807, 2.05) is 0 Å². The lowest BCUT2D eigenvalue weighted by Gasteiger charge is -2.15. The molecule has 0 aromatic heterocycles. The first kappa shape index (κ1) is 11.0. The van der Waals surface area contributed by atoms with Crippen molar-refractivity contribution in [2.24, 2.45) is 0 Å². The molecule has 0 spiro atoms. The average Bonchev–Trinajstić information content (AvgIpc) is 2.52. The second kappa shape index (κ2) is 6.35. The molecule has 0 bridgehead atoms. The molecule has 78 valence electrons. The summed E-state index contributed by atoms with van der Waals surface area (Å²) >= 11 is 0. The third-order valence-electron chi connectivity index (χ3n) is 2.72. The van der Waals surface area contributed by atoms with Crippen LogP contribution in [0.4, 0.5) is 0 Å². The van der Waals surface area contributed by atoms with Gasteiger partial charge in [-0.1, -0.05) is 0 Å². The molecule has 0 heterocycles. The Bertz CT molecular complexity index is 130. The molecule has 0 aromatic carbocycles. The zero-order chi connectivity index (χ0) is 9.52. The van der Waals surface area contributed by atoms with E-state index in [-0.39, 0.29) is 6.10 Å². The summed E-state index contributed by atoms with van der Waals surface area (Å²) < 4.78 is 0. The molecule has 1 fully saturated rings. The van der Waals surface area contributed by atoms with E-state index in [0.29, 0.717) is 12.6 Å². The van der Waals surface area contributed by atoms with E-state index in [1.54, 1.807) is 0 Å². The number of aliphatic hydroxyl groups excluding tert-OH is 2. The molecular formula is C10H21NO2. The highest BCUT2D eigenvalue weighted by Gasteiger charge is 2.23. The van der Waals surface area contributed by atoms with Crippen molar-refractivity contribution in [3.05, 3.63) is 0 Å². The van der Waals surface area contributed by atoms with Crippen molar-refractivity contribution in [3.8, 4) is 0 Å². The third kappa shape index (κ3) is 4.07. The number of rotatable bonds is 6. The number of aliphatic hydroxyl groups is 2. The summed E-state index contributed by atoms with van der Waals surface area (Å²) in [4.78, 5) is 0. The molecule has 2 atom stereocenters. The van der Waals surface area contributed by atoms with Crippen LogP contribution in [-0.2, 0) is 0 Å². The number of nitrogens with one attached hydrogen (secondary N) is 1. The van der Waals surface area contributed by atoms with Crippen LogP contribution in [0.15, 0.2) is 0 Å². The van der Waals surface area contributed by atoms with Crippen LogP contribution >= 0.6 is 0 Å². The van der Waals surface area contributed by atoms with Gasteiger partial charge in [0, 0.05) is 12.6 Å². The average molecular weight is 187 g/mol. The maximum absolute atomic E-state index is 9.49. The first-order valence-electron chi connectivity index (χ1n) is 5.37. The molecule has 0 unspecified atom stereocenters. The molecule has 13 heavy (non-hydrogen) atoms. The highest BCUT2D eigenvalue weighted by atomic mass is 16.3. The summed E-state index contributed by atoms with van der Waals surface area (Å²) in [5.74, 6) is 0. The maximum Gasteiger partial charge on any atom is 0.0693 e. The molecule has 3 nitrogen and oxygen atoms in total. The van der Waals surface area contributed by atoms with Gasteiger partial charge in [0.1, 0.15) is 0 Å². The lowest BCUT2D eigenvalue weighted by atomic mass is 10.2. The zero-order valence-corrected chi connectivity index (χ0v) is 8.21. The van der Waals surface area contributed by atoms with Crippen molar-refractivity contribution in [1.29, 1.82) is 0 Å². The van der Waals surface area contributed by atoms with Gasteiger partial charge in [0.15, 0.2) is 0 Å². The first-order valence-corrected chi connectivity index (χ1v) is 5.37. The topological polar surface area (TPSA) is 52.5 Å². The van der Waals surface area contributed by atoms with E-state index >= 15 is 0 Å². The SMILES string of the molecule is OCCCCCN[C@@H]1CCC[C@H]1O. The Morgan fingerprint density at radius 1 is 1.15 bits per heavy atom. The summed E-state index contributed by atoms with van der Waals surface area (Å²) in [6.07, 6.45) is 6.16. The summed E-state index contributed by atoms with van der Waals surface area (Å²) in [5.41, 5.74) is 0. The van der Waals surface area contributed by atoms with E-state index < -0.39 is 0 Å². The van der Waals surface area contributed by atoms with Gasteiger partial charge in [-0.3, -0.25) is 0 Å². The fraction of sp³-hybridized carbons (Fsp3) is 1.00. The van der Waals surface area contributed by atoms with E-state index in [9.17, 15) is 5.11 Å². The number of hydrogen-bond acceptors (Lipinski definition) is 3. The molecular weight excluding hydrogens is 166 g/mol. The molecule has 0 saturated heterocycles. The Morgan fingerprint density at radius 3 is 2.62 bits per heavy atom. The molecule has 3 N–H and O–H groups in total. The molecule has 0 radical (unpaired) electrons. The molecule has 1 aliphatic rings. The van der Waals surface area contributed by atoms with Crippen molar-refractivity contribution in [2.45, 2.75) is 50.7 Å². The van der Waals surface area contributed by atoms with Crippen LogP contribution in [0.5, 0.6) is 0 Å². The third-order valence-corrected chi connectivity index (χ3v) is 2.72. The smallest absolute Gasteiger partial charge is 0.0693 e. The van der Waals surface area contributed by atoms with Crippen molar-refractivity contribution in [3.63, 3.8) is 0 Å². The largest absolute Gasteiger partial charge is 0.396 e. The summed E-state index contributed by atoms with van der Waals surface area (Å²) in [7, 11) is 0. The molecule has 0 aromatic rings. The summed E-state index contributed by atoms with van der Waals surface area (Å²) in [6, 6.07) is 0.328. The van der Waals surface area contributed by atoms with Gasteiger partial charge >= 0.3 is 0 Å². The summed E-state index contributed by atoms with van der Waals surface area (Å²) in [6.45, 7) is 1.27. The molecule has 1 aliphatic carbocycles. The Balaban J connectivity index is 1.93. The van der Waals surface area contributed by atoms with Crippen LogP contribution in [-0.4, -0.2) is 35.5 Å². The Kier molecular flexibility index (Phi) is 5.35. The van der Waals surface area contributed by atoms with Gasteiger partial charge < -0.3 is 15.5 Å². The maximum atomic E-state index is 9.49. The fourth-order valence-electron chi connectivity index (χ4n) is 1.88. The Morgan fingerprint density at radius 2 is 2.00 bits per heavy atom. The van der Waals surface area contributed by atoms with Gasteiger partial charge in [-0.15, -0.1) is 0 Å². The van der Waals surface area contributed by atoms with Crippen molar-refractivity contribution < 1.29 is 10.2 Å². The second-order valence-electron chi connectivity index (χ2n) is 3.84. The quantitative estimate of drug-likeness (QED) is 0.535. The van der Waals surface area contributed by atoms with Gasteiger partial charge in [0.05, 0.1) is 6.10 Å². The Labute approximate surface area is 80.2 Å². The van der Waals surface area contributed by atoms with Gasteiger partial charge in [-0.05, 0) is 45.1 Å². The molecule has 0 aliphatic heterocycles. The number of unbranched alkanes of at least 4 members (excludes halogenated alkanes) is 2. The highest BCUT2D eigenvalue weighted by molar-refractivity contribution is 4.82. The lowest BCUT2D eigenvalue weighted by molar-refractivity contribution is 0.149. The minimum Gasteiger partial charge on any atom is -0.396 e. The predicted molar refractivity (Wildman–Crippen MR) is 52.6 cm³/mol. The van der Waals surface area contributed by atoms with Crippen molar-refractivity contribution in [2.75, 3.05) is 13.2 Å². The van der Waals surface area contributed by atoms with E-state index in [2.05, 4.69) is 5.32 Å². The van der Waals surface area contributed by atoms with Crippen LogP contribution in [0, 0.1) is 0 Å². The molecule has 1 saturated carbocycles. The van der Waals surface area contributed by atoms with Crippen molar-refractivity contribution >= 4 is 0 Å². The van der Waals surface area contributed by atoms with Gasteiger partial charge in [0.25, 0.3) is 0 Å². The van der Waals surface area contributed by atoms with Crippen molar-refractivity contribution in [1.82, 2.24) is 5.32 Å². The number of hydrogen-bond donors (Lipinski definition) is 3. The zero-order valence-electron chi connectivity index (χ0n) is 8.21. The van der Waals surface area contributed by atoms with E-state index in [0.717, 1.165) is 45.1 Å². The molecule has 3 heteroatoms. The predicted octanol–water partition coefficient (Wildman–Crippen LogP) is 0.652. The minimum atomic E-state index is -0.127. The van der Waals surface area contributed by atoms with E-state index in [1.165, 1.54) is 0 Å². The Hall–Kier alpha value is -0.120. The van der Waals surface area contributed by atoms with Gasteiger partial charge in [-0.25, -0.2) is 0 Å². The summed E-state index contributed by atoms with van der Waals surface area (Å²) in [5, 5.41) is 21.4. The van der Waals surface area contributed by atoms with Gasteiger partial charge in [-0.2, -0.15) is 0 Å². The van der Waals surface area contributed by atoms with Crippen LogP contribution in [0.1, 0.15) is 38.5 Å². The molecule has 0 amide bonds. The lowest BCUT2D eigenvalue weighted by Crippen LogP contribution is -2.36. The minimum absolute atomic E-state index is 0.127. The van der Waals surface area contributed by atoms with Crippen LogP contribution < -0.4 is 5.32 Å². The van der Waals surface area contributed by atoms with Crippen LogP contribution in [0.2, 0.25) is 0 Å². The monoisotopic (exact) mass is 187 g/mol. The van der Waals surface area contributed by atoms with Gasteiger partial charge in [0.2, 0.25) is 0 Å². The fourth-order valence-corrected chi connectivity index (χ4v) is 1.88. The highest BCUT2D eigenvalue weighted by Crippen LogP contribution is 2.18. The molecule has 1 rings (SSSR count). The standard InChI is InChI=1S/C10H21NO2/c12-8-3-1-2-7-11-9-5-4-6-10(9)13/h9-13H,1-8H2/t9-,10-/m1/s1. The van der Waals surface area contributed by atoms with E-state index in [4.69, 9.17) is 5.11 Å². The second-order valence-corrected chi connectivity index (χ2v) is 3.84. The van der Waals surface area contributed by atoms with Crippen LogP contribution in [0.25, 0.3) is 0 Å².